The fourth-order valence-corrected chi connectivity index (χ4v) is 5.10. The van der Waals surface area contributed by atoms with E-state index in [2.05, 4.69) is 31.1 Å². The molecule has 20 heavy (non-hydrogen) atoms. The van der Waals surface area contributed by atoms with Crippen LogP contribution in [0.4, 0.5) is 4.79 Å². The Bertz CT molecular complexity index is 402. The summed E-state index contributed by atoms with van der Waals surface area (Å²) in [5.74, 6) is 0. The third kappa shape index (κ3) is 4.61. The molecule has 1 aromatic heterocycles. The maximum absolute atomic E-state index is 10.7. The van der Waals surface area contributed by atoms with E-state index in [-0.39, 0.29) is 12.6 Å². The van der Waals surface area contributed by atoms with Crippen molar-refractivity contribution in [1.82, 2.24) is 10.3 Å². The van der Waals surface area contributed by atoms with Gasteiger partial charge in [-0.05, 0) is 29.8 Å². The SMILES string of the molecule is CC[Si](CC)(CC)O[C@@H](CNC(=O)O)c1cccnc1. The van der Waals surface area contributed by atoms with Crippen LogP contribution in [0.3, 0.4) is 0 Å². The highest BCUT2D eigenvalue weighted by Crippen LogP contribution is 2.29. The normalized spacial score (nSPS) is 12.9. The summed E-state index contributed by atoms with van der Waals surface area (Å²) in [7, 11) is -1.80. The topological polar surface area (TPSA) is 71.5 Å². The number of amides is 1. The highest BCUT2D eigenvalue weighted by Gasteiger charge is 2.32. The van der Waals surface area contributed by atoms with Crippen molar-refractivity contribution in [2.75, 3.05) is 6.54 Å². The van der Waals surface area contributed by atoms with Crippen LogP contribution in [0.1, 0.15) is 32.4 Å². The first-order valence-corrected chi connectivity index (χ1v) is 9.64. The van der Waals surface area contributed by atoms with E-state index in [1.807, 2.05) is 12.1 Å². The molecule has 1 aromatic rings. The second-order valence-corrected chi connectivity index (χ2v) is 9.55. The largest absolute Gasteiger partial charge is 0.465 e. The Morgan fingerprint density at radius 2 is 2.05 bits per heavy atom. The number of carboxylic acid groups (broad SMARTS) is 1. The monoisotopic (exact) mass is 296 g/mol. The van der Waals surface area contributed by atoms with Crippen molar-refractivity contribution in [2.24, 2.45) is 0 Å². The predicted octanol–water partition coefficient (Wildman–Crippen LogP) is 3.41. The van der Waals surface area contributed by atoms with Crippen LogP contribution in [0, 0.1) is 0 Å². The van der Waals surface area contributed by atoms with Gasteiger partial charge in [-0.2, -0.15) is 0 Å². The molecule has 2 N–H and O–H groups in total. The maximum Gasteiger partial charge on any atom is 0.404 e. The summed E-state index contributed by atoms with van der Waals surface area (Å²) in [6, 6.07) is 6.87. The third-order valence-corrected chi connectivity index (χ3v) is 8.47. The standard InChI is InChI=1S/C14H24N2O3Si/c1-4-20(5-2,6-3)19-13(11-16-14(17)18)12-8-7-9-15-10-12/h7-10,13,16H,4-6,11H2,1-3H3,(H,17,18)/t13-/m0/s1. The Morgan fingerprint density at radius 3 is 2.50 bits per heavy atom. The Balaban J connectivity index is 2.90. The Labute approximate surface area is 121 Å². The highest BCUT2D eigenvalue weighted by molar-refractivity contribution is 6.73. The van der Waals surface area contributed by atoms with Crippen LogP contribution in [0.25, 0.3) is 0 Å². The summed E-state index contributed by atoms with van der Waals surface area (Å²) in [5.41, 5.74) is 0.925. The first kappa shape index (κ1) is 16.7. The number of hydrogen-bond acceptors (Lipinski definition) is 3. The minimum atomic E-state index is -1.80. The van der Waals surface area contributed by atoms with Gasteiger partial charge in [0.1, 0.15) is 0 Å². The molecule has 0 aliphatic heterocycles. The molecule has 0 fully saturated rings. The summed E-state index contributed by atoms with van der Waals surface area (Å²) in [5, 5.41) is 11.2. The van der Waals surface area contributed by atoms with Crippen LogP contribution in [-0.2, 0) is 4.43 Å². The first-order chi connectivity index (χ1) is 9.56. The molecular weight excluding hydrogens is 272 g/mol. The molecule has 6 heteroatoms. The van der Waals surface area contributed by atoms with Crippen molar-refractivity contribution in [3.8, 4) is 0 Å². The van der Waals surface area contributed by atoms with Gasteiger partial charge < -0.3 is 14.8 Å². The molecule has 0 saturated carbocycles. The molecule has 0 bridgehead atoms. The summed E-state index contributed by atoms with van der Waals surface area (Å²) in [4.78, 5) is 14.8. The van der Waals surface area contributed by atoms with E-state index < -0.39 is 14.4 Å². The van der Waals surface area contributed by atoms with Crippen LogP contribution >= 0.6 is 0 Å². The fourth-order valence-electron chi connectivity index (χ4n) is 2.28. The number of rotatable bonds is 8. The van der Waals surface area contributed by atoms with Crippen molar-refractivity contribution in [2.45, 2.75) is 45.0 Å². The molecule has 0 unspecified atom stereocenters. The predicted molar refractivity (Wildman–Crippen MR) is 81.3 cm³/mol. The summed E-state index contributed by atoms with van der Waals surface area (Å²) in [6.45, 7) is 6.73. The summed E-state index contributed by atoms with van der Waals surface area (Å²) < 4.78 is 6.40. The van der Waals surface area contributed by atoms with Crippen LogP contribution in [0.2, 0.25) is 18.1 Å². The Morgan fingerprint density at radius 1 is 1.40 bits per heavy atom. The Kier molecular flexibility index (Phi) is 6.67. The van der Waals surface area contributed by atoms with Gasteiger partial charge in [-0.15, -0.1) is 0 Å². The first-order valence-electron chi connectivity index (χ1n) is 7.11. The van der Waals surface area contributed by atoms with Crippen LogP contribution in [0.15, 0.2) is 24.5 Å². The van der Waals surface area contributed by atoms with Gasteiger partial charge in [0.05, 0.1) is 12.6 Å². The number of aromatic nitrogens is 1. The van der Waals surface area contributed by atoms with Crippen molar-refractivity contribution in [3.05, 3.63) is 30.1 Å². The lowest BCUT2D eigenvalue weighted by Crippen LogP contribution is -2.40. The number of nitrogens with zero attached hydrogens (tertiary/aromatic N) is 1. The zero-order valence-electron chi connectivity index (χ0n) is 12.4. The second kappa shape index (κ2) is 8.01. The molecule has 0 spiro atoms. The Hall–Kier alpha value is -1.40. The van der Waals surface area contributed by atoms with E-state index in [1.165, 1.54) is 0 Å². The second-order valence-electron chi connectivity index (χ2n) is 4.82. The van der Waals surface area contributed by atoms with Crippen LogP contribution in [0.5, 0.6) is 0 Å². The zero-order chi connectivity index (χ0) is 15.0. The van der Waals surface area contributed by atoms with Crippen molar-refractivity contribution >= 4 is 14.4 Å². The lowest BCUT2D eigenvalue weighted by atomic mass is 10.2. The number of hydrogen-bond donors (Lipinski definition) is 2. The maximum atomic E-state index is 10.7. The number of pyridine rings is 1. The third-order valence-electron chi connectivity index (χ3n) is 3.82. The van der Waals surface area contributed by atoms with Gasteiger partial charge in [-0.25, -0.2) is 4.79 Å². The molecule has 0 saturated heterocycles. The molecule has 5 nitrogen and oxygen atoms in total. The van der Waals surface area contributed by atoms with E-state index in [0.717, 1.165) is 23.7 Å². The highest BCUT2D eigenvalue weighted by atomic mass is 28.4. The molecule has 1 amide bonds. The van der Waals surface area contributed by atoms with Gasteiger partial charge in [0, 0.05) is 12.4 Å². The van der Waals surface area contributed by atoms with E-state index in [4.69, 9.17) is 9.53 Å². The molecule has 1 heterocycles. The molecule has 0 aliphatic carbocycles. The van der Waals surface area contributed by atoms with E-state index in [9.17, 15) is 4.79 Å². The molecule has 0 aromatic carbocycles. The molecule has 1 atom stereocenters. The van der Waals surface area contributed by atoms with Gasteiger partial charge in [0.15, 0.2) is 8.32 Å². The minimum absolute atomic E-state index is 0.258. The smallest absolute Gasteiger partial charge is 0.404 e. The molecule has 112 valence electrons. The summed E-state index contributed by atoms with van der Waals surface area (Å²) >= 11 is 0. The lowest BCUT2D eigenvalue weighted by Gasteiger charge is -2.33. The van der Waals surface area contributed by atoms with E-state index in [1.54, 1.807) is 12.4 Å². The van der Waals surface area contributed by atoms with Crippen LogP contribution in [-0.4, -0.2) is 31.0 Å². The average Bonchev–Trinajstić information content (AvgIpc) is 2.49. The van der Waals surface area contributed by atoms with E-state index in [0.29, 0.717) is 0 Å². The molecule has 0 aliphatic rings. The van der Waals surface area contributed by atoms with Gasteiger partial charge in [-0.1, -0.05) is 26.8 Å². The minimum Gasteiger partial charge on any atom is -0.465 e. The molecule has 0 radical (unpaired) electrons. The van der Waals surface area contributed by atoms with Crippen LogP contribution < -0.4 is 5.32 Å². The number of carbonyl (C=O) groups is 1. The lowest BCUT2D eigenvalue weighted by molar-refractivity contribution is 0.166. The van der Waals surface area contributed by atoms with Gasteiger partial charge in [-0.3, -0.25) is 4.98 Å². The van der Waals surface area contributed by atoms with E-state index >= 15 is 0 Å². The zero-order valence-corrected chi connectivity index (χ0v) is 13.4. The number of nitrogens with one attached hydrogen (secondary N) is 1. The quantitative estimate of drug-likeness (QED) is 0.721. The van der Waals surface area contributed by atoms with Crippen molar-refractivity contribution in [1.29, 1.82) is 0 Å². The van der Waals surface area contributed by atoms with Gasteiger partial charge >= 0.3 is 6.09 Å². The summed E-state index contributed by atoms with van der Waals surface area (Å²) in [6.07, 6.45) is 2.16. The van der Waals surface area contributed by atoms with Crippen molar-refractivity contribution < 1.29 is 14.3 Å². The van der Waals surface area contributed by atoms with Gasteiger partial charge in [0.25, 0.3) is 0 Å². The molecule has 1 rings (SSSR count). The molecular formula is C14H24N2O3Si. The van der Waals surface area contributed by atoms with Crippen molar-refractivity contribution in [3.63, 3.8) is 0 Å². The average molecular weight is 296 g/mol. The van der Waals surface area contributed by atoms with Gasteiger partial charge in [0.2, 0.25) is 0 Å². The fraction of sp³-hybridized carbons (Fsp3) is 0.571.